The summed E-state index contributed by atoms with van der Waals surface area (Å²) in [5.74, 6) is 2.53. The molecule has 25 heavy (non-hydrogen) atoms. The van der Waals surface area contributed by atoms with E-state index in [0.29, 0.717) is 5.92 Å². The summed E-state index contributed by atoms with van der Waals surface area (Å²) in [6.07, 6.45) is 4.38. The van der Waals surface area contributed by atoms with Crippen LogP contribution in [0.3, 0.4) is 0 Å². The fourth-order valence-electron chi connectivity index (χ4n) is 3.88. The van der Waals surface area contributed by atoms with Gasteiger partial charge in [-0.25, -0.2) is 0 Å². The number of furan rings is 1. The van der Waals surface area contributed by atoms with E-state index in [-0.39, 0.29) is 0 Å². The maximum absolute atomic E-state index is 5.76. The second-order valence-electron chi connectivity index (χ2n) is 7.15. The molecular weight excluding hydrogens is 310 g/mol. The van der Waals surface area contributed by atoms with Gasteiger partial charge in [0.25, 0.3) is 0 Å². The number of likely N-dealkylation sites (tertiary alicyclic amines) is 1. The van der Waals surface area contributed by atoms with Crippen LogP contribution in [0.1, 0.15) is 41.5 Å². The van der Waals surface area contributed by atoms with Gasteiger partial charge in [0.05, 0.1) is 12.7 Å². The Morgan fingerprint density at radius 1 is 1.24 bits per heavy atom. The van der Waals surface area contributed by atoms with Crippen molar-refractivity contribution in [2.75, 3.05) is 13.1 Å². The van der Waals surface area contributed by atoms with Gasteiger partial charge in [-0.05, 0) is 50.9 Å². The van der Waals surface area contributed by atoms with Crippen LogP contribution < -0.4 is 0 Å². The van der Waals surface area contributed by atoms with Gasteiger partial charge in [0.2, 0.25) is 0 Å². The molecule has 0 radical (unpaired) electrons. The largest absolute Gasteiger partial charge is 0.465 e. The molecule has 3 heterocycles. The average molecular weight is 335 g/mol. The lowest BCUT2D eigenvalue weighted by atomic mass is 9.90. The molecule has 0 amide bonds. The lowest BCUT2D eigenvalue weighted by molar-refractivity contribution is 0.184. The molecule has 1 aromatic carbocycles. The minimum absolute atomic E-state index is 0.489. The Labute approximate surface area is 148 Å². The third kappa shape index (κ3) is 3.54. The van der Waals surface area contributed by atoms with Crippen molar-refractivity contribution in [2.45, 2.75) is 39.2 Å². The third-order valence-electron chi connectivity index (χ3n) is 5.09. The predicted octanol–water partition coefficient (Wildman–Crippen LogP) is 4.67. The highest BCUT2D eigenvalue weighted by Crippen LogP contribution is 2.33. The number of nitrogens with one attached hydrogen (secondary N) is 1. The summed E-state index contributed by atoms with van der Waals surface area (Å²) in [5, 5.41) is 7.64. The maximum Gasteiger partial charge on any atom is 0.118 e. The van der Waals surface area contributed by atoms with Crippen molar-refractivity contribution >= 4 is 0 Å². The number of aromatic nitrogens is 2. The molecular formula is C21H25N3O. The zero-order valence-electron chi connectivity index (χ0n) is 15.0. The van der Waals surface area contributed by atoms with Crippen LogP contribution in [0.5, 0.6) is 0 Å². The van der Waals surface area contributed by atoms with Crippen LogP contribution in [-0.4, -0.2) is 28.2 Å². The van der Waals surface area contributed by atoms with Crippen LogP contribution >= 0.6 is 0 Å². The fourth-order valence-corrected chi connectivity index (χ4v) is 3.88. The minimum atomic E-state index is 0.489. The standard InChI is InChI=1S/C21H25N3O/c1-15-5-3-6-17(11-15)20-12-22-23-21(20)18-7-4-10-24(13-18)14-19-9-8-16(2)25-19/h3,5-6,8-9,11-12,18H,4,7,10,13-14H2,1-2H3,(H,22,23). The van der Waals surface area contributed by atoms with Gasteiger partial charge < -0.3 is 4.42 Å². The summed E-state index contributed by atoms with van der Waals surface area (Å²) in [5.41, 5.74) is 5.04. The Morgan fingerprint density at radius 3 is 2.96 bits per heavy atom. The first-order valence-electron chi connectivity index (χ1n) is 9.07. The lowest BCUT2D eigenvalue weighted by Crippen LogP contribution is -2.34. The fraction of sp³-hybridized carbons (Fsp3) is 0.381. The zero-order chi connectivity index (χ0) is 17.2. The SMILES string of the molecule is Cc1cccc(-c2cn[nH]c2C2CCCN(Cc3ccc(C)o3)C2)c1. The van der Waals surface area contributed by atoms with Crippen LogP contribution in [-0.2, 0) is 6.54 Å². The first-order valence-corrected chi connectivity index (χ1v) is 9.07. The van der Waals surface area contributed by atoms with Crippen LogP contribution in [0.15, 0.2) is 47.0 Å². The Kier molecular flexibility index (Phi) is 4.45. The van der Waals surface area contributed by atoms with Crippen molar-refractivity contribution in [3.8, 4) is 11.1 Å². The van der Waals surface area contributed by atoms with E-state index in [1.165, 1.54) is 35.2 Å². The summed E-state index contributed by atoms with van der Waals surface area (Å²) >= 11 is 0. The quantitative estimate of drug-likeness (QED) is 0.754. The molecule has 1 aliphatic heterocycles. The molecule has 1 saturated heterocycles. The molecule has 1 N–H and O–H groups in total. The molecule has 1 fully saturated rings. The Bertz CT molecular complexity index is 848. The number of piperidine rings is 1. The highest BCUT2D eigenvalue weighted by atomic mass is 16.3. The van der Waals surface area contributed by atoms with Crippen LogP contribution in [0.25, 0.3) is 11.1 Å². The Balaban J connectivity index is 1.53. The normalized spacial score (nSPS) is 18.6. The van der Waals surface area contributed by atoms with Gasteiger partial charge in [-0.2, -0.15) is 5.10 Å². The van der Waals surface area contributed by atoms with Gasteiger partial charge in [0.15, 0.2) is 0 Å². The van der Waals surface area contributed by atoms with Crippen molar-refractivity contribution in [1.29, 1.82) is 0 Å². The maximum atomic E-state index is 5.76. The highest BCUT2D eigenvalue weighted by Gasteiger charge is 2.25. The number of benzene rings is 1. The van der Waals surface area contributed by atoms with E-state index in [9.17, 15) is 0 Å². The number of aromatic amines is 1. The third-order valence-corrected chi connectivity index (χ3v) is 5.09. The summed E-state index contributed by atoms with van der Waals surface area (Å²) in [4.78, 5) is 2.49. The molecule has 1 aliphatic rings. The van der Waals surface area contributed by atoms with Crippen LogP contribution in [0, 0.1) is 13.8 Å². The van der Waals surface area contributed by atoms with E-state index in [1.807, 2.05) is 19.2 Å². The van der Waals surface area contributed by atoms with Crippen molar-refractivity contribution < 1.29 is 4.42 Å². The highest BCUT2D eigenvalue weighted by molar-refractivity contribution is 5.66. The molecule has 0 bridgehead atoms. The van der Waals surface area contributed by atoms with E-state index in [0.717, 1.165) is 31.2 Å². The smallest absolute Gasteiger partial charge is 0.118 e. The molecule has 4 rings (SSSR count). The monoisotopic (exact) mass is 335 g/mol. The van der Waals surface area contributed by atoms with Gasteiger partial charge in [-0.15, -0.1) is 0 Å². The average Bonchev–Trinajstić information content (AvgIpc) is 3.24. The van der Waals surface area contributed by atoms with Crippen molar-refractivity contribution in [3.05, 3.63) is 65.4 Å². The Morgan fingerprint density at radius 2 is 2.16 bits per heavy atom. The van der Waals surface area contributed by atoms with Crippen molar-refractivity contribution in [3.63, 3.8) is 0 Å². The second-order valence-corrected chi connectivity index (χ2v) is 7.15. The molecule has 130 valence electrons. The minimum Gasteiger partial charge on any atom is -0.465 e. The molecule has 1 unspecified atom stereocenters. The number of rotatable bonds is 4. The molecule has 2 aromatic heterocycles. The predicted molar refractivity (Wildman–Crippen MR) is 99.5 cm³/mol. The summed E-state index contributed by atoms with van der Waals surface area (Å²) in [6.45, 7) is 7.20. The molecule has 4 heteroatoms. The van der Waals surface area contributed by atoms with Gasteiger partial charge in [0, 0.05) is 23.7 Å². The Hall–Kier alpha value is -2.33. The number of aryl methyl sites for hydroxylation is 2. The molecule has 0 saturated carbocycles. The topological polar surface area (TPSA) is 45.1 Å². The second kappa shape index (κ2) is 6.89. The van der Waals surface area contributed by atoms with E-state index in [2.05, 4.69) is 52.4 Å². The first kappa shape index (κ1) is 16.2. The van der Waals surface area contributed by atoms with Crippen molar-refractivity contribution in [1.82, 2.24) is 15.1 Å². The van der Waals surface area contributed by atoms with E-state index in [1.54, 1.807) is 0 Å². The van der Waals surface area contributed by atoms with Gasteiger partial charge in [-0.1, -0.05) is 29.8 Å². The molecule has 4 nitrogen and oxygen atoms in total. The number of nitrogens with zero attached hydrogens (tertiary/aromatic N) is 2. The zero-order valence-corrected chi connectivity index (χ0v) is 15.0. The summed E-state index contributed by atoms with van der Waals surface area (Å²) < 4.78 is 5.76. The van der Waals surface area contributed by atoms with E-state index >= 15 is 0 Å². The van der Waals surface area contributed by atoms with Crippen molar-refractivity contribution in [2.24, 2.45) is 0 Å². The molecule has 1 atom stereocenters. The van der Waals surface area contributed by atoms with E-state index < -0.39 is 0 Å². The van der Waals surface area contributed by atoms with Gasteiger partial charge >= 0.3 is 0 Å². The van der Waals surface area contributed by atoms with Crippen LogP contribution in [0.2, 0.25) is 0 Å². The summed E-state index contributed by atoms with van der Waals surface area (Å²) in [7, 11) is 0. The molecule has 0 aliphatic carbocycles. The number of H-pyrrole nitrogens is 1. The molecule has 0 spiro atoms. The van der Waals surface area contributed by atoms with Gasteiger partial charge in [0.1, 0.15) is 11.5 Å². The first-order chi connectivity index (χ1) is 12.2. The number of hydrogen-bond acceptors (Lipinski definition) is 3. The lowest BCUT2D eigenvalue weighted by Gasteiger charge is -2.32. The summed E-state index contributed by atoms with van der Waals surface area (Å²) in [6, 6.07) is 12.8. The van der Waals surface area contributed by atoms with Crippen LogP contribution in [0.4, 0.5) is 0 Å². The number of hydrogen-bond donors (Lipinski definition) is 1. The van der Waals surface area contributed by atoms with Gasteiger partial charge in [-0.3, -0.25) is 10.00 Å². The molecule has 3 aromatic rings. The van der Waals surface area contributed by atoms with E-state index in [4.69, 9.17) is 4.42 Å².